The summed E-state index contributed by atoms with van der Waals surface area (Å²) in [6.45, 7) is 4.21. The van der Waals surface area contributed by atoms with Crippen LogP contribution in [0.5, 0.6) is 5.75 Å². The van der Waals surface area contributed by atoms with Crippen LogP contribution in [-0.4, -0.2) is 23.1 Å². The van der Waals surface area contributed by atoms with E-state index in [1.54, 1.807) is 0 Å². The smallest absolute Gasteiger partial charge is 0.120 e. The first kappa shape index (κ1) is 13.4. The Kier molecular flexibility index (Phi) is 4.28. The second-order valence-corrected chi connectivity index (χ2v) is 5.70. The zero-order valence-electron chi connectivity index (χ0n) is 11.8. The fraction of sp³-hybridized carbons (Fsp3) is 0.625. The molecule has 100 valence electrons. The Morgan fingerprint density at radius 2 is 1.89 bits per heavy atom. The summed E-state index contributed by atoms with van der Waals surface area (Å²) in [6.07, 6.45) is 6.68. The van der Waals surface area contributed by atoms with Crippen LogP contribution < -0.4 is 0 Å². The molecule has 0 spiro atoms. The zero-order valence-corrected chi connectivity index (χ0v) is 11.8. The van der Waals surface area contributed by atoms with Gasteiger partial charge >= 0.3 is 0 Å². The Hall–Kier alpha value is -1.02. The van der Waals surface area contributed by atoms with Gasteiger partial charge in [0, 0.05) is 17.6 Å². The molecule has 0 bridgehead atoms. The lowest BCUT2D eigenvalue weighted by Crippen LogP contribution is -2.35. The molecule has 1 aliphatic carbocycles. The van der Waals surface area contributed by atoms with Crippen LogP contribution >= 0.6 is 0 Å². The molecule has 2 nitrogen and oxygen atoms in total. The van der Waals surface area contributed by atoms with Crippen LogP contribution in [0.3, 0.4) is 0 Å². The molecule has 2 heteroatoms. The SMILES string of the molecule is Cc1ccc(C(C)N(C)C2CCCCC2)c(O)c1. The summed E-state index contributed by atoms with van der Waals surface area (Å²) >= 11 is 0. The van der Waals surface area contributed by atoms with E-state index in [0.717, 1.165) is 11.1 Å². The van der Waals surface area contributed by atoms with Gasteiger partial charge < -0.3 is 5.11 Å². The van der Waals surface area contributed by atoms with Crippen molar-refractivity contribution < 1.29 is 5.11 Å². The topological polar surface area (TPSA) is 23.5 Å². The van der Waals surface area contributed by atoms with Gasteiger partial charge in [0.1, 0.15) is 5.75 Å². The molecule has 1 N–H and O–H groups in total. The third-order valence-corrected chi connectivity index (χ3v) is 4.40. The molecular formula is C16H25NO. The maximum atomic E-state index is 10.1. The highest BCUT2D eigenvalue weighted by Crippen LogP contribution is 2.32. The van der Waals surface area contributed by atoms with Crippen molar-refractivity contribution in [1.82, 2.24) is 4.90 Å². The van der Waals surface area contributed by atoms with Crippen molar-refractivity contribution >= 4 is 0 Å². The Morgan fingerprint density at radius 3 is 2.50 bits per heavy atom. The van der Waals surface area contributed by atoms with E-state index >= 15 is 0 Å². The largest absolute Gasteiger partial charge is 0.508 e. The first-order valence-electron chi connectivity index (χ1n) is 7.11. The Bertz CT molecular complexity index is 396. The molecule has 0 aliphatic heterocycles. The third kappa shape index (κ3) is 2.86. The Balaban J connectivity index is 2.11. The van der Waals surface area contributed by atoms with E-state index in [1.165, 1.54) is 32.1 Å². The van der Waals surface area contributed by atoms with Crippen LogP contribution in [-0.2, 0) is 0 Å². The normalized spacial score (nSPS) is 19.1. The first-order valence-corrected chi connectivity index (χ1v) is 7.11. The number of aromatic hydroxyl groups is 1. The zero-order chi connectivity index (χ0) is 13.1. The second-order valence-electron chi connectivity index (χ2n) is 5.70. The Morgan fingerprint density at radius 1 is 1.22 bits per heavy atom. The predicted octanol–water partition coefficient (Wildman–Crippen LogP) is 4.03. The number of phenolic OH excluding ortho intramolecular Hbond substituents is 1. The van der Waals surface area contributed by atoms with Gasteiger partial charge in [0.15, 0.2) is 0 Å². The van der Waals surface area contributed by atoms with E-state index in [-0.39, 0.29) is 6.04 Å². The number of aryl methyl sites for hydroxylation is 1. The van der Waals surface area contributed by atoms with Crippen molar-refractivity contribution in [3.05, 3.63) is 29.3 Å². The fourth-order valence-corrected chi connectivity index (χ4v) is 3.03. The monoisotopic (exact) mass is 247 g/mol. The van der Waals surface area contributed by atoms with Crippen molar-refractivity contribution in [2.45, 2.75) is 58.0 Å². The van der Waals surface area contributed by atoms with Gasteiger partial charge in [-0.1, -0.05) is 31.4 Å². The van der Waals surface area contributed by atoms with E-state index in [2.05, 4.69) is 31.0 Å². The van der Waals surface area contributed by atoms with E-state index < -0.39 is 0 Å². The van der Waals surface area contributed by atoms with Crippen LogP contribution in [0.15, 0.2) is 18.2 Å². The van der Waals surface area contributed by atoms with Crippen molar-refractivity contribution in [2.24, 2.45) is 0 Å². The summed E-state index contributed by atoms with van der Waals surface area (Å²) in [5.74, 6) is 0.435. The highest BCUT2D eigenvalue weighted by Gasteiger charge is 2.24. The van der Waals surface area contributed by atoms with Gasteiger partial charge in [-0.2, -0.15) is 0 Å². The summed E-state index contributed by atoms with van der Waals surface area (Å²) in [5, 5.41) is 10.1. The molecular weight excluding hydrogens is 222 g/mol. The average molecular weight is 247 g/mol. The summed E-state index contributed by atoms with van der Waals surface area (Å²) in [6, 6.07) is 6.97. The van der Waals surface area contributed by atoms with Crippen molar-refractivity contribution in [1.29, 1.82) is 0 Å². The molecule has 1 fully saturated rings. The van der Waals surface area contributed by atoms with Gasteiger partial charge in [0.25, 0.3) is 0 Å². The molecule has 0 aromatic heterocycles. The summed E-state index contributed by atoms with van der Waals surface area (Å²) < 4.78 is 0. The standard InChI is InChI=1S/C16H25NO/c1-12-9-10-15(16(18)11-12)13(2)17(3)14-7-5-4-6-8-14/h9-11,13-14,18H,4-8H2,1-3H3. The number of hydrogen-bond donors (Lipinski definition) is 1. The van der Waals surface area contributed by atoms with E-state index in [0.29, 0.717) is 11.8 Å². The molecule has 1 aromatic rings. The summed E-state index contributed by atoms with van der Waals surface area (Å²) in [5.41, 5.74) is 2.16. The molecule has 1 atom stereocenters. The van der Waals surface area contributed by atoms with Crippen LogP contribution in [0.25, 0.3) is 0 Å². The summed E-state index contributed by atoms with van der Waals surface area (Å²) in [7, 11) is 2.19. The molecule has 1 aromatic carbocycles. The average Bonchev–Trinajstić information content (AvgIpc) is 2.38. The Labute approximate surface area is 111 Å². The van der Waals surface area contributed by atoms with Gasteiger partial charge in [-0.05, 0) is 45.4 Å². The van der Waals surface area contributed by atoms with E-state index in [1.807, 2.05) is 13.0 Å². The fourth-order valence-electron chi connectivity index (χ4n) is 3.03. The van der Waals surface area contributed by atoms with Gasteiger partial charge in [0.2, 0.25) is 0 Å². The molecule has 1 saturated carbocycles. The van der Waals surface area contributed by atoms with Gasteiger partial charge in [0.05, 0.1) is 0 Å². The summed E-state index contributed by atoms with van der Waals surface area (Å²) in [4.78, 5) is 2.43. The number of rotatable bonds is 3. The van der Waals surface area contributed by atoms with Crippen LogP contribution in [0, 0.1) is 6.92 Å². The second kappa shape index (κ2) is 5.75. The van der Waals surface area contributed by atoms with Crippen LogP contribution in [0.2, 0.25) is 0 Å². The number of phenols is 1. The molecule has 18 heavy (non-hydrogen) atoms. The maximum absolute atomic E-state index is 10.1. The van der Waals surface area contributed by atoms with Crippen molar-refractivity contribution in [2.75, 3.05) is 7.05 Å². The lowest BCUT2D eigenvalue weighted by atomic mass is 9.92. The minimum absolute atomic E-state index is 0.286. The van der Waals surface area contributed by atoms with Gasteiger partial charge in [-0.15, -0.1) is 0 Å². The highest BCUT2D eigenvalue weighted by atomic mass is 16.3. The number of nitrogens with zero attached hydrogens (tertiary/aromatic N) is 1. The lowest BCUT2D eigenvalue weighted by Gasteiger charge is -2.36. The number of benzene rings is 1. The molecule has 0 saturated heterocycles. The molecule has 2 rings (SSSR count). The van der Waals surface area contributed by atoms with Crippen LogP contribution in [0.1, 0.15) is 56.2 Å². The minimum atomic E-state index is 0.286. The third-order valence-electron chi connectivity index (χ3n) is 4.40. The predicted molar refractivity (Wildman–Crippen MR) is 75.9 cm³/mol. The first-order chi connectivity index (χ1) is 8.59. The van der Waals surface area contributed by atoms with E-state index in [9.17, 15) is 5.11 Å². The minimum Gasteiger partial charge on any atom is -0.508 e. The van der Waals surface area contributed by atoms with Crippen LogP contribution in [0.4, 0.5) is 0 Å². The molecule has 1 unspecified atom stereocenters. The van der Waals surface area contributed by atoms with E-state index in [4.69, 9.17) is 0 Å². The quantitative estimate of drug-likeness (QED) is 0.871. The van der Waals surface area contributed by atoms with Crippen molar-refractivity contribution in [3.8, 4) is 5.75 Å². The molecule has 1 aliphatic rings. The van der Waals surface area contributed by atoms with Crippen molar-refractivity contribution in [3.63, 3.8) is 0 Å². The highest BCUT2D eigenvalue weighted by molar-refractivity contribution is 5.37. The lowest BCUT2D eigenvalue weighted by molar-refractivity contribution is 0.145. The van der Waals surface area contributed by atoms with Gasteiger partial charge in [-0.3, -0.25) is 4.90 Å². The molecule has 0 amide bonds. The number of hydrogen-bond acceptors (Lipinski definition) is 2. The molecule has 0 heterocycles. The molecule has 0 radical (unpaired) electrons. The maximum Gasteiger partial charge on any atom is 0.120 e. The van der Waals surface area contributed by atoms with Gasteiger partial charge in [-0.25, -0.2) is 0 Å².